The Balaban J connectivity index is 1.70. The zero-order valence-electron chi connectivity index (χ0n) is 14.6. The number of rotatable bonds is 4. The van der Waals surface area contributed by atoms with Gasteiger partial charge < -0.3 is 10.2 Å². The molecule has 0 unspecified atom stereocenters. The van der Waals surface area contributed by atoms with E-state index in [1.807, 2.05) is 6.07 Å². The monoisotopic (exact) mass is 412 g/mol. The molecule has 0 bridgehead atoms. The maximum absolute atomic E-state index is 10.3. The van der Waals surface area contributed by atoms with Crippen molar-refractivity contribution >= 4 is 55.4 Å². The molecular weight excluding hydrogens is 400 g/mol. The summed E-state index contributed by atoms with van der Waals surface area (Å²) in [5.41, 5.74) is 1.82. The third-order valence-corrected chi connectivity index (χ3v) is 5.15. The van der Waals surface area contributed by atoms with Crippen LogP contribution in [0.2, 0.25) is 0 Å². The second-order valence-corrected chi connectivity index (χ2v) is 7.51. The van der Waals surface area contributed by atoms with Gasteiger partial charge in [0.15, 0.2) is 5.00 Å². The first-order valence-corrected chi connectivity index (χ1v) is 9.51. The van der Waals surface area contributed by atoms with Gasteiger partial charge in [-0.2, -0.15) is 4.37 Å². The molecule has 4 aromatic rings. The van der Waals surface area contributed by atoms with Gasteiger partial charge in [-0.1, -0.05) is 11.3 Å². The van der Waals surface area contributed by atoms with Crippen LogP contribution in [0, 0.1) is 13.8 Å². The number of aromatic nitrogens is 4. The van der Waals surface area contributed by atoms with Crippen molar-refractivity contribution in [2.75, 3.05) is 0 Å². The molecule has 2 N–H and O–H groups in total. The van der Waals surface area contributed by atoms with Crippen LogP contribution in [0.15, 0.2) is 44.9 Å². The lowest BCUT2D eigenvalue weighted by Crippen LogP contribution is -1.79. The molecule has 0 aliphatic rings. The van der Waals surface area contributed by atoms with E-state index in [0.717, 1.165) is 22.1 Å². The van der Waals surface area contributed by atoms with Crippen molar-refractivity contribution in [3.8, 4) is 11.5 Å². The number of hydrogen-bond donors (Lipinski definition) is 2. The van der Waals surface area contributed by atoms with Gasteiger partial charge in [-0.3, -0.25) is 4.98 Å². The van der Waals surface area contributed by atoms with Crippen LogP contribution in [0.5, 0.6) is 11.5 Å². The Kier molecular flexibility index (Phi) is 4.71. The number of azo groups is 2. The highest BCUT2D eigenvalue weighted by molar-refractivity contribution is 7.14. The molecule has 12 heteroatoms. The Morgan fingerprint density at radius 3 is 2.43 bits per heavy atom. The van der Waals surface area contributed by atoms with Gasteiger partial charge >= 0.3 is 0 Å². The third-order valence-electron chi connectivity index (χ3n) is 3.70. The van der Waals surface area contributed by atoms with Gasteiger partial charge in [0, 0.05) is 17.8 Å². The van der Waals surface area contributed by atoms with Gasteiger partial charge in [-0.25, -0.2) is 0 Å². The van der Waals surface area contributed by atoms with Crippen LogP contribution in [0.3, 0.4) is 0 Å². The molecule has 1 aromatic carbocycles. The fourth-order valence-corrected chi connectivity index (χ4v) is 3.44. The van der Waals surface area contributed by atoms with Crippen molar-refractivity contribution in [3.63, 3.8) is 0 Å². The van der Waals surface area contributed by atoms with Gasteiger partial charge in [0.1, 0.15) is 38.9 Å². The SMILES string of the molecule is Cc1nnc(N=Nc2cc(N=Nc3snc4cccnc34)c(O)c(C)c2O)s1. The number of phenolic OH excluding ortho intramolecular Hbond substituents is 2. The van der Waals surface area contributed by atoms with Crippen LogP contribution in [0.1, 0.15) is 10.6 Å². The van der Waals surface area contributed by atoms with Crippen molar-refractivity contribution in [1.29, 1.82) is 0 Å². The highest BCUT2D eigenvalue weighted by Gasteiger charge is 2.15. The fraction of sp³-hybridized carbons (Fsp3) is 0.125. The highest BCUT2D eigenvalue weighted by Crippen LogP contribution is 2.44. The van der Waals surface area contributed by atoms with E-state index >= 15 is 0 Å². The summed E-state index contributed by atoms with van der Waals surface area (Å²) in [4.78, 5) is 4.24. The first-order valence-electron chi connectivity index (χ1n) is 7.92. The molecule has 0 radical (unpaired) electrons. The molecule has 0 amide bonds. The maximum atomic E-state index is 10.3. The average Bonchev–Trinajstić information content (AvgIpc) is 3.31. The molecule has 0 saturated heterocycles. The number of aryl methyl sites for hydroxylation is 1. The second-order valence-electron chi connectivity index (χ2n) is 5.60. The lowest BCUT2D eigenvalue weighted by atomic mass is 10.1. The first-order chi connectivity index (χ1) is 13.5. The molecule has 0 aliphatic carbocycles. The smallest absolute Gasteiger partial charge is 0.251 e. The molecule has 0 atom stereocenters. The molecule has 140 valence electrons. The predicted molar refractivity (Wildman–Crippen MR) is 105 cm³/mol. The molecule has 10 nitrogen and oxygen atoms in total. The van der Waals surface area contributed by atoms with Gasteiger partial charge in [0.2, 0.25) is 0 Å². The average molecular weight is 412 g/mol. The van der Waals surface area contributed by atoms with Crippen LogP contribution < -0.4 is 0 Å². The van der Waals surface area contributed by atoms with Crippen LogP contribution in [-0.4, -0.2) is 29.8 Å². The van der Waals surface area contributed by atoms with E-state index in [4.69, 9.17) is 0 Å². The Hall–Kier alpha value is -3.38. The van der Waals surface area contributed by atoms with Crippen molar-refractivity contribution in [2.45, 2.75) is 13.8 Å². The second kappa shape index (κ2) is 7.32. The van der Waals surface area contributed by atoms with E-state index < -0.39 is 0 Å². The summed E-state index contributed by atoms with van der Waals surface area (Å²) >= 11 is 2.42. The number of phenols is 2. The summed E-state index contributed by atoms with van der Waals surface area (Å²) in [5, 5.41) is 46.0. The molecule has 0 saturated carbocycles. The zero-order valence-corrected chi connectivity index (χ0v) is 16.2. The summed E-state index contributed by atoms with van der Waals surface area (Å²) < 4.78 is 4.25. The summed E-state index contributed by atoms with van der Waals surface area (Å²) in [6, 6.07) is 5.00. The first kappa shape index (κ1) is 18.0. The number of hydrogen-bond acceptors (Lipinski definition) is 12. The number of fused-ring (bicyclic) bond motifs is 1. The lowest BCUT2D eigenvalue weighted by Gasteiger charge is -2.06. The standard InChI is InChI=1S/C16H12N8O2S2/c1-7-13(25)10(19-21-15-12-9(24-28-15)4-3-5-17-12)6-11(14(7)26)20-23-16-22-18-8(2)27-16/h3-6,25-26H,1-2H3. The summed E-state index contributed by atoms with van der Waals surface area (Å²) in [7, 11) is 0. The Bertz CT molecular complexity index is 1230. The number of aromatic hydroxyl groups is 2. The Morgan fingerprint density at radius 2 is 1.71 bits per heavy atom. The van der Waals surface area contributed by atoms with E-state index in [2.05, 4.69) is 40.0 Å². The van der Waals surface area contributed by atoms with Crippen molar-refractivity contribution in [1.82, 2.24) is 19.6 Å². The molecule has 3 aromatic heterocycles. The van der Waals surface area contributed by atoms with Gasteiger partial charge in [0.25, 0.3) is 5.13 Å². The molecule has 0 fully saturated rings. The van der Waals surface area contributed by atoms with Gasteiger partial charge in [-0.15, -0.1) is 30.7 Å². The van der Waals surface area contributed by atoms with Gasteiger partial charge in [0.05, 0.1) is 0 Å². The highest BCUT2D eigenvalue weighted by atomic mass is 32.1. The topological polar surface area (TPSA) is 141 Å². The van der Waals surface area contributed by atoms with Crippen LogP contribution >= 0.6 is 22.9 Å². The third kappa shape index (κ3) is 3.42. The van der Waals surface area contributed by atoms with Crippen molar-refractivity contribution in [2.24, 2.45) is 20.5 Å². The number of pyridine rings is 1. The number of benzene rings is 1. The lowest BCUT2D eigenvalue weighted by molar-refractivity contribution is 0.445. The van der Waals surface area contributed by atoms with Crippen LogP contribution in [0.25, 0.3) is 11.0 Å². The van der Waals surface area contributed by atoms with Gasteiger partial charge in [-0.05, 0) is 37.5 Å². The van der Waals surface area contributed by atoms with E-state index in [1.54, 1.807) is 26.1 Å². The molecule has 0 aliphatic heterocycles. The van der Waals surface area contributed by atoms with E-state index in [1.165, 1.54) is 17.4 Å². The van der Waals surface area contributed by atoms with Crippen molar-refractivity contribution in [3.05, 3.63) is 35.0 Å². The minimum absolute atomic E-state index is 0.129. The van der Waals surface area contributed by atoms with Crippen LogP contribution in [-0.2, 0) is 0 Å². The minimum atomic E-state index is -0.202. The molecule has 28 heavy (non-hydrogen) atoms. The summed E-state index contributed by atoms with van der Waals surface area (Å²) in [5.74, 6) is -0.403. The molecule has 3 heterocycles. The molecular formula is C16H12N8O2S2. The predicted octanol–water partition coefficient (Wildman–Crippen LogP) is 5.40. The van der Waals surface area contributed by atoms with E-state index in [-0.39, 0.29) is 28.4 Å². The fourth-order valence-electron chi connectivity index (χ4n) is 2.27. The van der Waals surface area contributed by atoms with E-state index in [0.29, 0.717) is 15.6 Å². The van der Waals surface area contributed by atoms with Crippen LogP contribution in [0.4, 0.5) is 21.5 Å². The maximum Gasteiger partial charge on any atom is 0.251 e. The summed E-state index contributed by atoms with van der Waals surface area (Å²) in [6.45, 7) is 3.34. The normalized spacial score (nSPS) is 11.9. The number of nitrogens with zero attached hydrogens (tertiary/aromatic N) is 8. The molecule has 0 spiro atoms. The zero-order chi connectivity index (χ0) is 19.7. The van der Waals surface area contributed by atoms with Crippen molar-refractivity contribution < 1.29 is 10.2 Å². The minimum Gasteiger partial charge on any atom is -0.505 e. The Labute approximate surface area is 166 Å². The molecule has 4 rings (SSSR count). The Morgan fingerprint density at radius 1 is 0.964 bits per heavy atom. The largest absolute Gasteiger partial charge is 0.505 e. The quantitative estimate of drug-likeness (QED) is 0.430. The van der Waals surface area contributed by atoms with E-state index in [9.17, 15) is 10.2 Å². The summed E-state index contributed by atoms with van der Waals surface area (Å²) in [6.07, 6.45) is 1.64.